The minimum atomic E-state index is -4.33. The molecule has 1 aliphatic rings. The summed E-state index contributed by atoms with van der Waals surface area (Å²) in [7, 11) is 2.99. The molecule has 0 bridgehead atoms. The standard InChI is InChI=1S/C22H25ClF3N3O3/c1-31-19-12-20(32-2)18(11-17(19)23)27-21(30)14-29-9-7-28(8-10-29)13-15-3-5-16(6-4-15)22(24,25)26/h3-6,11-12H,7-10,13-14H2,1-2H3,(H,27,30). The van der Waals surface area contributed by atoms with Crippen LogP contribution < -0.4 is 14.8 Å². The summed E-state index contributed by atoms with van der Waals surface area (Å²) in [4.78, 5) is 16.7. The van der Waals surface area contributed by atoms with Crippen LogP contribution in [0.1, 0.15) is 11.1 Å². The van der Waals surface area contributed by atoms with E-state index in [0.717, 1.165) is 17.7 Å². The van der Waals surface area contributed by atoms with Crippen molar-refractivity contribution < 1.29 is 27.4 Å². The van der Waals surface area contributed by atoms with E-state index in [-0.39, 0.29) is 12.5 Å². The van der Waals surface area contributed by atoms with E-state index in [2.05, 4.69) is 10.2 Å². The summed E-state index contributed by atoms with van der Waals surface area (Å²) >= 11 is 6.14. The summed E-state index contributed by atoms with van der Waals surface area (Å²) < 4.78 is 48.5. The lowest BCUT2D eigenvalue weighted by molar-refractivity contribution is -0.137. The first-order valence-corrected chi connectivity index (χ1v) is 10.4. The number of benzene rings is 2. The molecule has 174 valence electrons. The second kappa shape index (κ2) is 10.4. The Hall–Kier alpha value is -2.49. The van der Waals surface area contributed by atoms with E-state index in [1.165, 1.54) is 26.4 Å². The number of hydrogen-bond acceptors (Lipinski definition) is 5. The summed E-state index contributed by atoms with van der Waals surface area (Å²) in [6, 6.07) is 8.42. The highest BCUT2D eigenvalue weighted by Crippen LogP contribution is 2.36. The van der Waals surface area contributed by atoms with Crippen LogP contribution in [0.25, 0.3) is 0 Å². The number of piperazine rings is 1. The van der Waals surface area contributed by atoms with Gasteiger partial charge in [-0.2, -0.15) is 13.2 Å². The quantitative estimate of drug-likeness (QED) is 0.658. The number of nitrogens with zero attached hydrogens (tertiary/aromatic N) is 2. The predicted molar refractivity (Wildman–Crippen MR) is 116 cm³/mol. The second-order valence-electron chi connectivity index (χ2n) is 7.48. The van der Waals surface area contributed by atoms with Crippen molar-refractivity contribution in [3.05, 3.63) is 52.5 Å². The van der Waals surface area contributed by atoms with Crippen molar-refractivity contribution in [2.24, 2.45) is 0 Å². The second-order valence-corrected chi connectivity index (χ2v) is 7.89. The van der Waals surface area contributed by atoms with Gasteiger partial charge in [0.2, 0.25) is 5.91 Å². The fourth-order valence-electron chi connectivity index (χ4n) is 3.51. The highest BCUT2D eigenvalue weighted by Gasteiger charge is 2.30. The van der Waals surface area contributed by atoms with E-state index < -0.39 is 11.7 Å². The molecular weight excluding hydrogens is 447 g/mol. The van der Waals surface area contributed by atoms with Gasteiger partial charge >= 0.3 is 6.18 Å². The van der Waals surface area contributed by atoms with Gasteiger partial charge in [0, 0.05) is 38.8 Å². The molecule has 3 rings (SSSR count). The van der Waals surface area contributed by atoms with E-state index in [0.29, 0.717) is 54.9 Å². The summed E-state index contributed by atoms with van der Waals surface area (Å²) in [5, 5.41) is 3.18. The van der Waals surface area contributed by atoms with Crippen LogP contribution in [0.4, 0.5) is 18.9 Å². The van der Waals surface area contributed by atoms with Gasteiger partial charge in [-0.15, -0.1) is 0 Å². The van der Waals surface area contributed by atoms with Crippen molar-refractivity contribution in [1.82, 2.24) is 9.80 Å². The van der Waals surface area contributed by atoms with Gasteiger partial charge in [-0.25, -0.2) is 0 Å². The monoisotopic (exact) mass is 471 g/mol. The third kappa shape index (κ3) is 6.27. The Kier molecular flexibility index (Phi) is 7.86. The van der Waals surface area contributed by atoms with Crippen LogP contribution >= 0.6 is 11.6 Å². The minimum Gasteiger partial charge on any atom is -0.495 e. The number of alkyl halides is 3. The van der Waals surface area contributed by atoms with Crippen LogP contribution in [-0.2, 0) is 17.5 Å². The molecule has 10 heteroatoms. The van der Waals surface area contributed by atoms with Gasteiger partial charge in [-0.1, -0.05) is 23.7 Å². The normalized spacial score (nSPS) is 15.4. The van der Waals surface area contributed by atoms with E-state index in [1.54, 1.807) is 12.1 Å². The van der Waals surface area contributed by atoms with Crippen molar-refractivity contribution in [3.63, 3.8) is 0 Å². The van der Waals surface area contributed by atoms with Gasteiger partial charge in [0.1, 0.15) is 11.5 Å². The summed E-state index contributed by atoms with van der Waals surface area (Å²) in [5.41, 5.74) is 0.642. The number of anilines is 1. The van der Waals surface area contributed by atoms with E-state index >= 15 is 0 Å². The molecule has 0 aliphatic carbocycles. The maximum atomic E-state index is 12.7. The average molecular weight is 472 g/mol. The van der Waals surface area contributed by atoms with Crippen LogP contribution in [0.3, 0.4) is 0 Å². The van der Waals surface area contributed by atoms with E-state index in [4.69, 9.17) is 21.1 Å². The zero-order valence-electron chi connectivity index (χ0n) is 17.8. The van der Waals surface area contributed by atoms with E-state index in [9.17, 15) is 18.0 Å². The Morgan fingerprint density at radius 1 is 1.00 bits per heavy atom. The SMILES string of the molecule is COc1cc(OC)c(NC(=O)CN2CCN(Cc3ccc(C(F)(F)F)cc3)CC2)cc1Cl. The fraction of sp³-hybridized carbons (Fsp3) is 0.409. The predicted octanol–water partition coefficient (Wildman–Crippen LogP) is 4.13. The Morgan fingerprint density at radius 2 is 1.59 bits per heavy atom. The maximum absolute atomic E-state index is 12.7. The molecule has 0 radical (unpaired) electrons. The van der Waals surface area contributed by atoms with Gasteiger partial charge < -0.3 is 14.8 Å². The Morgan fingerprint density at radius 3 is 2.16 bits per heavy atom. The zero-order chi connectivity index (χ0) is 23.3. The topological polar surface area (TPSA) is 54.0 Å². The Bertz CT molecular complexity index is 930. The molecule has 2 aromatic carbocycles. The average Bonchev–Trinajstić information content (AvgIpc) is 2.75. The molecule has 0 spiro atoms. The minimum absolute atomic E-state index is 0.194. The number of amides is 1. The molecule has 0 saturated carbocycles. The van der Waals surface area contributed by atoms with Gasteiger partial charge in [-0.3, -0.25) is 14.6 Å². The molecular formula is C22H25ClF3N3O3. The first-order chi connectivity index (χ1) is 15.2. The molecule has 32 heavy (non-hydrogen) atoms. The van der Waals surface area contributed by atoms with Gasteiger partial charge in [0.15, 0.2) is 0 Å². The number of hydrogen-bond donors (Lipinski definition) is 1. The first-order valence-electron chi connectivity index (χ1n) is 10.0. The lowest BCUT2D eigenvalue weighted by atomic mass is 10.1. The maximum Gasteiger partial charge on any atom is 0.416 e. The Balaban J connectivity index is 1.49. The summed E-state index contributed by atoms with van der Waals surface area (Å²) in [5.74, 6) is 0.701. The highest BCUT2D eigenvalue weighted by atomic mass is 35.5. The molecule has 1 heterocycles. The lowest BCUT2D eigenvalue weighted by Crippen LogP contribution is -2.48. The van der Waals surface area contributed by atoms with Crippen molar-refractivity contribution in [2.45, 2.75) is 12.7 Å². The molecule has 0 atom stereocenters. The molecule has 0 aromatic heterocycles. The zero-order valence-corrected chi connectivity index (χ0v) is 18.6. The van der Waals surface area contributed by atoms with Crippen LogP contribution in [-0.4, -0.2) is 62.7 Å². The van der Waals surface area contributed by atoms with Crippen molar-refractivity contribution >= 4 is 23.2 Å². The molecule has 6 nitrogen and oxygen atoms in total. The van der Waals surface area contributed by atoms with Gasteiger partial charge in [-0.05, 0) is 23.8 Å². The van der Waals surface area contributed by atoms with Gasteiger partial charge in [0.25, 0.3) is 0 Å². The number of carbonyl (C=O) groups is 1. The van der Waals surface area contributed by atoms with Crippen LogP contribution in [0.5, 0.6) is 11.5 Å². The number of halogens is 4. The van der Waals surface area contributed by atoms with Crippen LogP contribution in [0, 0.1) is 0 Å². The van der Waals surface area contributed by atoms with Crippen molar-refractivity contribution in [1.29, 1.82) is 0 Å². The largest absolute Gasteiger partial charge is 0.495 e. The molecule has 2 aromatic rings. The van der Waals surface area contributed by atoms with E-state index in [1.807, 2.05) is 4.90 Å². The number of nitrogens with one attached hydrogen (secondary N) is 1. The number of methoxy groups -OCH3 is 2. The van der Waals surface area contributed by atoms with Crippen molar-refractivity contribution in [2.75, 3.05) is 52.3 Å². The smallest absolute Gasteiger partial charge is 0.416 e. The molecule has 1 fully saturated rings. The number of ether oxygens (including phenoxy) is 2. The third-order valence-corrected chi connectivity index (χ3v) is 5.56. The number of carbonyl (C=O) groups excluding carboxylic acids is 1. The highest BCUT2D eigenvalue weighted by molar-refractivity contribution is 6.32. The molecule has 1 aliphatic heterocycles. The fourth-order valence-corrected chi connectivity index (χ4v) is 3.75. The van der Waals surface area contributed by atoms with Crippen LogP contribution in [0.2, 0.25) is 5.02 Å². The lowest BCUT2D eigenvalue weighted by Gasteiger charge is -2.34. The molecule has 1 amide bonds. The van der Waals surface area contributed by atoms with Crippen molar-refractivity contribution in [3.8, 4) is 11.5 Å². The molecule has 1 N–H and O–H groups in total. The summed E-state index contributed by atoms with van der Waals surface area (Å²) in [6.45, 7) is 3.56. The van der Waals surface area contributed by atoms with Gasteiger partial charge in [0.05, 0.1) is 37.0 Å². The first kappa shape index (κ1) is 24.2. The third-order valence-electron chi connectivity index (χ3n) is 5.27. The number of rotatable bonds is 7. The molecule has 1 saturated heterocycles. The Labute approximate surface area is 189 Å². The van der Waals surface area contributed by atoms with Crippen LogP contribution in [0.15, 0.2) is 36.4 Å². The molecule has 0 unspecified atom stereocenters. The summed E-state index contributed by atoms with van der Waals surface area (Å²) in [6.07, 6.45) is -4.33.